The van der Waals surface area contributed by atoms with Gasteiger partial charge in [0.25, 0.3) is 0 Å². The van der Waals surface area contributed by atoms with Crippen molar-refractivity contribution >= 4 is 23.0 Å². The number of para-hydroxylation sites is 3. The van der Waals surface area contributed by atoms with Gasteiger partial charge in [-0.05, 0) is 67.2 Å². The van der Waals surface area contributed by atoms with Crippen LogP contribution in [-0.2, 0) is 0 Å². The number of benzene rings is 2. The standard InChI is InChI=1S/C25H22N4OS/c1-17-9-2-3-11-19(17)28-16-8-13-21(28)24-23(18-10-6-7-15-26-18)27-25(31)29(24)20-12-4-5-14-22(20)30/h2-16,23-24,30H,1H3,(H,27,31)/t23-,24+/m1/s1. The highest BCUT2D eigenvalue weighted by molar-refractivity contribution is 7.80. The van der Waals surface area contributed by atoms with Crippen LogP contribution >= 0.6 is 12.2 Å². The summed E-state index contributed by atoms with van der Waals surface area (Å²) < 4.78 is 2.19. The van der Waals surface area contributed by atoms with Gasteiger partial charge in [-0.1, -0.05) is 36.4 Å². The molecule has 1 saturated heterocycles. The number of aryl methyl sites for hydroxylation is 1. The second-order valence-electron chi connectivity index (χ2n) is 7.57. The van der Waals surface area contributed by atoms with Crippen LogP contribution < -0.4 is 10.2 Å². The monoisotopic (exact) mass is 426 g/mol. The zero-order chi connectivity index (χ0) is 21.4. The van der Waals surface area contributed by atoms with Crippen molar-refractivity contribution < 1.29 is 5.11 Å². The third kappa shape index (κ3) is 3.35. The molecule has 5 nitrogen and oxygen atoms in total. The third-order valence-electron chi connectivity index (χ3n) is 5.70. The van der Waals surface area contributed by atoms with E-state index in [0.29, 0.717) is 10.8 Å². The Balaban J connectivity index is 1.71. The number of hydrogen-bond acceptors (Lipinski definition) is 3. The van der Waals surface area contributed by atoms with Crippen LogP contribution in [0.5, 0.6) is 5.75 Å². The van der Waals surface area contributed by atoms with Crippen molar-refractivity contribution in [3.63, 3.8) is 0 Å². The first-order valence-corrected chi connectivity index (χ1v) is 10.6. The summed E-state index contributed by atoms with van der Waals surface area (Å²) in [6.07, 6.45) is 3.86. The maximum atomic E-state index is 10.6. The first-order chi connectivity index (χ1) is 15.1. The molecule has 5 rings (SSSR count). The van der Waals surface area contributed by atoms with Crippen molar-refractivity contribution in [2.45, 2.75) is 19.0 Å². The van der Waals surface area contributed by atoms with Crippen molar-refractivity contribution in [2.75, 3.05) is 4.90 Å². The number of hydrogen-bond donors (Lipinski definition) is 2. The number of pyridine rings is 1. The maximum Gasteiger partial charge on any atom is 0.174 e. The molecule has 0 aliphatic carbocycles. The average Bonchev–Trinajstić information content (AvgIpc) is 3.39. The van der Waals surface area contributed by atoms with Crippen molar-refractivity contribution in [3.05, 3.63) is 108 Å². The van der Waals surface area contributed by atoms with Crippen LogP contribution in [0.15, 0.2) is 91.3 Å². The molecular formula is C25H22N4OS. The van der Waals surface area contributed by atoms with E-state index in [0.717, 1.165) is 17.1 Å². The van der Waals surface area contributed by atoms with Gasteiger partial charge >= 0.3 is 0 Å². The SMILES string of the molecule is Cc1ccccc1-n1cccc1[C@H]1[C@@H](c2ccccn2)NC(=S)N1c1ccccc1O. The van der Waals surface area contributed by atoms with Gasteiger partial charge in [0.2, 0.25) is 0 Å². The van der Waals surface area contributed by atoms with Gasteiger partial charge in [0, 0.05) is 23.8 Å². The topological polar surface area (TPSA) is 53.3 Å². The summed E-state index contributed by atoms with van der Waals surface area (Å²) in [6.45, 7) is 2.10. The predicted molar refractivity (Wildman–Crippen MR) is 127 cm³/mol. The van der Waals surface area contributed by atoms with E-state index in [-0.39, 0.29) is 17.8 Å². The van der Waals surface area contributed by atoms with E-state index in [1.54, 1.807) is 12.3 Å². The number of nitrogens with one attached hydrogen (secondary N) is 1. The molecule has 4 aromatic rings. The van der Waals surface area contributed by atoms with E-state index >= 15 is 0 Å². The number of anilines is 1. The van der Waals surface area contributed by atoms with E-state index < -0.39 is 0 Å². The minimum Gasteiger partial charge on any atom is -0.506 e. The highest BCUT2D eigenvalue weighted by Gasteiger charge is 2.43. The number of thiocarbonyl (C=S) groups is 1. The van der Waals surface area contributed by atoms with Crippen LogP contribution in [0, 0.1) is 6.92 Å². The van der Waals surface area contributed by atoms with Gasteiger partial charge in [-0.3, -0.25) is 4.98 Å². The summed E-state index contributed by atoms with van der Waals surface area (Å²) in [5.74, 6) is 0.187. The molecule has 0 bridgehead atoms. The molecule has 3 heterocycles. The quantitative estimate of drug-likeness (QED) is 0.447. The lowest BCUT2D eigenvalue weighted by Gasteiger charge is -2.29. The minimum absolute atomic E-state index is 0.175. The summed E-state index contributed by atoms with van der Waals surface area (Å²) in [5, 5.41) is 14.6. The number of nitrogens with zero attached hydrogens (tertiary/aromatic N) is 3. The molecular weight excluding hydrogens is 404 g/mol. The van der Waals surface area contributed by atoms with Gasteiger partial charge in [-0.2, -0.15) is 0 Å². The fraction of sp³-hybridized carbons (Fsp3) is 0.120. The third-order valence-corrected chi connectivity index (χ3v) is 6.01. The fourth-order valence-corrected chi connectivity index (χ4v) is 4.61. The maximum absolute atomic E-state index is 10.6. The Labute approximate surface area is 186 Å². The Morgan fingerprint density at radius 1 is 0.903 bits per heavy atom. The molecule has 2 aromatic carbocycles. The Morgan fingerprint density at radius 2 is 1.65 bits per heavy atom. The van der Waals surface area contributed by atoms with Gasteiger partial charge in [0.1, 0.15) is 11.8 Å². The lowest BCUT2D eigenvalue weighted by Crippen LogP contribution is -2.30. The summed E-state index contributed by atoms with van der Waals surface area (Å²) in [5.41, 5.74) is 4.90. The second kappa shape index (κ2) is 7.89. The minimum atomic E-state index is -0.203. The molecule has 1 fully saturated rings. The lowest BCUT2D eigenvalue weighted by molar-refractivity contribution is 0.472. The summed E-state index contributed by atoms with van der Waals surface area (Å²) >= 11 is 5.76. The van der Waals surface area contributed by atoms with Crippen molar-refractivity contribution in [2.24, 2.45) is 0 Å². The number of aromatic hydroxyl groups is 1. The van der Waals surface area contributed by atoms with E-state index in [2.05, 4.69) is 46.2 Å². The predicted octanol–water partition coefficient (Wildman–Crippen LogP) is 5.06. The van der Waals surface area contributed by atoms with E-state index in [1.165, 1.54) is 5.56 Å². The van der Waals surface area contributed by atoms with Crippen molar-refractivity contribution in [3.8, 4) is 11.4 Å². The normalized spacial score (nSPS) is 18.2. The number of phenolic OH excluding ortho intramolecular Hbond substituents is 1. The largest absolute Gasteiger partial charge is 0.506 e. The zero-order valence-corrected chi connectivity index (χ0v) is 17.8. The molecule has 1 aliphatic heterocycles. The smallest absolute Gasteiger partial charge is 0.174 e. The molecule has 2 aromatic heterocycles. The molecule has 1 aliphatic rings. The Bertz CT molecular complexity index is 1240. The van der Waals surface area contributed by atoms with Crippen LogP contribution in [0.2, 0.25) is 0 Å². The molecule has 0 amide bonds. The molecule has 154 valence electrons. The summed E-state index contributed by atoms with van der Waals surface area (Å²) in [7, 11) is 0. The van der Waals surface area contributed by atoms with Gasteiger partial charge in [-0.25, -0.2) is 0 Å². The second-order valence-corrected chi connectivity index (χ2v) is 7.96. The van der Waals surface area contributed by atoms with E-state index in [4.69, 9.17) is 12.2 Å². The van der Waals surface area contributed by atoms with Crippen LogP contribution in [0.1, 0.15) is 29.0 Å². The summed E-state index contributed by atoms with van der Waals surface area (Å²) in [4.78, 5) is 6.60. The van der Waals surface area contributed by atoms with Crippen LogP contribution in [0.4, 0.5) is 5.69 Å². The van der Waals surface area contributed by atoms with Gasteiger partial charge in [0.15, 0.2) is 5.11 Å². The number of rotatable bonds is 4. The van der Waals surface area contributed by atoms with Gasteiger partial charge in [0.05, 0.1) is 17.4 Å². The zero-order valence-electron chi connectivity index (χ0n) is 17.0. The highest BCUT2D eigenvalue weighted by atomic mass is 32.1. The fourth-order valence-electron chi connectivity index (χ4n) is 4.27. The molecule has 2 atom stereocenters. The number of aromatic nitrogens is 2. The van der Waals surface area contributed by atoms with Gasteiger partial charge in [-0.15, -0.1) is 0 Å². The van der Waals surface area contributed by atoms with E-state index in [1.807, 2.05) is 59.5 Å². The van der Waals surface area contributed by atoms with Crippen molar-refractivity contribution in [1.29, 1.82) is 0 Å². The molecule has 31 heavy (non-hydrogen) atoms. The molecule has 0 spiro atoms. The Morgan fingerprint density at radius 3 is 2.39 bits per heavy atom. The molecule has 0 radical (unpaired) electrons. The van der Waals surface area contributed by atoms with Crippen LogP contribution in [0.25, 0.3) is 5.69 Å². The molecule has 0 unspecified atom stereocenters. The van der Waals surface area contributed by atoms with Crippen LogP contribution in [-0.4, -0.2) is 19.8 Å². The highest BCUT2D eigenvalue weighted by Crippen LogP contribution is 2.44. The molecule has 6 heteroatoms. The molecule has 2 N–H and O–H groups in total. The van der Waals surface area contributed by atoms with Crippen LogP contribution in [0.3, 0.4) is 0 Å². The lowest BCUT2D eigenvalue weighted by atomic mass is 10.0. The first kappa shape index (κ1) is 19.3. The van der Waals surface area contributed by atoms with E-state index in [9.17, 15) is 5.11 Å². The Hall–Kier alpha value is -3.64. The Kier molecular flexibility index (Phi) is 4.92. The number of phenols is 1. The van der Waals surface area contributed by atoms with Crippen molar-refractivity contribution in [1.82, 2.24) is 14.9 Å². The van der Waals surface area contributed by atoms with Gasteiger partial charge < -0.3 is 19.9 Å². The molecule has 0 saturated carbocycles. The first-order valence-electron chi connectivity index (χ1n) is 10.2. The average molecular weight is 427 g/mol. The summed E-state index contributed by atoms with van der Waals surface area (Å²) in [6, 6.07) is 25.2.